The van der Waals surface area contributed by atoms with Crippen molar-refractivity contribution in [2.75, 3.05) is 6.61 Å². The number of hydrogen-bond acceptors (Lipinski definition) is 2. The van der Waals surface area contributed by atoms with E-state index in [1.165, 1.54) is 32.1 Å². The van der Waals surface area contributed by atoms with Crippen LogP contribution in [0.5, 0.6) is 0 Å². The summed E-state index contributed by atoms with van der Waals surface area (Å²) in [4.78, 5) is 0. The summed E-state index contributed by atoms with van der Waals surface area (Å²) >= 11 is 0. The Morgan fingerprint density at radius 2 is 1.75 bits per heavy atom. The monoisotopic (exact) mass is 227 g/mol. The van der Waals surface area contributed by atoms with Gasteiger partial charge in [-0.2, -0.15) is 0 Å². The van der Waals surface area contributed by atoms with Gasteiger partial charge >= 0.3 is 0 Å². The van der Waals surface area contributed by atoms with E-state index in [2.05, 4.69) is 33.0 Å². The van der Waals surface area contributed by atoms with Gasteiger partial charge in [-0.25, -0.2) is 0 Å². The van der Waals surface area contributed by atoms with Crippen molar-refractivity contribution in [3.8, 4) is 0 Å². The maximum absolute atomic E-state index is 9.71. The number of nitrogens with one attached hydrogen (secondary N) is 1. The highest BCUT2D eigenvalue weighted by Gasteiger charge is 2.35. The summed E-state index contributed by atoms with van der Waals surface area (Å²) in [5.41, 5.74) is -0.0793. The molecule has 2 N–H and O–H groups in total. The lowest BCUT2D eigenvalue weighted by Crippen LogP contribution is -2.56. The average molecular weight is 227 g/mol. The van der Waals surface area contributed by atoms with Crippen LogP contribution in [0.4, 0.5) is 0 Å². The molecule has 0 aromatic heterocycles. The molecule has 96 valence electrons. The number of rotatable bonds is 5. The van der Waals surface area contributed by atoms with Crippen molar-refractivity contribution in [2.45, 2.75) is 71.4 Å². The fraction of sp³-hybridized carbons (Fsp3) is 1.00. The first kappa shape index (κ1) is 14.0. The fourth-order valence-corrected chi connectivity index (χ4v) is 2.72. The topological polar surface area (TPSA) is 32.3 Å². The Hall–Kier alpha value is -0.0800. The molecule has 1 saturated carbocycles. The van der Waals surface area contributed by atoms with Gasteiger partial charge in [0.05, 0.1) is 6.61 Å². The normalized spacial score (nSPS) is 24.4. The second kappa shape index (κ2) is 6.02. The Balaban J connectivity index is 2.60. The Morgan fingerprint density at radius 3 is 2.19 bits per heavy atom. The van der Waals surface area contributed by atoms with E-state index in [-0.39, 0.29) is 12.1 Å². The molecule has 0 radical (unpaired) electrons. The molecule has 1 fully saturated rings. The molecule has 1 rings (SSSR count). The molecule has 2 nitrogen and oxygen atoms in total. The molecule has 2 heteroatoms. The van der Waals surface area contributed by atoms with Crippen LogP contribution in [0.3, 0.4) is 0 Å². The molecular formula is C14H29NO. The van der Waals surface area contributed by atoms with E-state index in [9.17, 15) is 5.11 Å². The minimum atomic E-state index is -0.0793. The highest BCUT2D eigenvalue weighted by Crippen LogP contribution is 2.33. The predicted octanol–water partition coefficient (Wildman–Crippen LogP) is 2.95. The van der Waals surface area contributed by atoms with Gasteiger partial charge in [0.2, 0.25) is 0 Å². The van der Waals surface area contributed by atoms with Crippen LogP contribution < -0.4 is 5.32 Å². The second-order valence-electron chi connectivity index (χ2n) is 6.09. The first-order chi connectivity index (χ1) is 7.49. The molecule has 2 unspecified atom stereocenters. The van der Waals surface area contributed by atoms with Crippen LogP contribution in [0.25, 0.3) is 0 Å². The highest BCUT2D eigenvalue weighted by molar-refractivity contribution is 4.93. The lowest BCUT2D eigenvalue weighted by atomic mass is 9.75. The van der Waals surface area contributed by atoms with Gasteiger partial charge in [0.15, 0.2) is 0 Å². The Morgan fingerprint density at radius 1 is 1.19 bits per heavy atom. The zero-order valence-electron chi connectivity index (χ0n) is 11.4. The summed E-state index contributed by atoms with van der Waals surface area (Å²) in [5, 5.41) is 13.4. The summed E-state index contributed by atoms with van der Waals surface area (Å²) in [5.74, 6) is 1.27. The molecule has 0 heterocycles. The third kappa shape index (κ3) is 3.46. The van der Waals surface area contributed by atoms with E-state index in [0.717, 1.165) is 0 Å². The molecular weight excluding hydrogens is 198 g/mol. The first-order valence-corrected chi connectivity index (χ1v) is 6.88. The van der Waals surface area contributed by atoms with Crippen molar-refractivity contribution in [3.63, 3.8) is 0 Å². The molecule has 0 saturated heterocycles. The second-order valence-corrected chi connectivity index (χ2v) is 6.09. The van der Waals surface area contributed by atoms with Crippen molar-refractivity contribution in [1.82, 2.24) is 5.32 Å². The summed E-state index contributed by atoms with van der Waals surface area (Å²) in [6.45, 7) is 9.14. The van der Waals surface area contributed by atoms with Gasteiger partial charge in [-0.1, -0.05) is 33.1 Å². The molecule has 1 aliphatic rings. The van der Waals surface area contributed by atoms with Gasteiger partial charge in [-0.15, -0.1) is 0 Å². The van der Waals surface area contributed by atoms with E-state index in [0.29, 0.717) is 17.9 Å². The summed E-state index contributed by atoms with van der Waals surface area (Å²) in [7, 11) is 0. The van der Waals surface area contributed by atoms with E-state index in [1.807, 2.05) is 0 Å². The smallest absolute Gasteiger partial charge is 0.0613 e. The quantitative estimate of drug-likeness (QED) is 0.757. The van der Waals surface area contributed by atoms with Crippen LogP contribution >= 0.6 is 0 Å². The van der Waals surface area contributed by atoms with Crippen molar-refractivity contribution in [2.24, 2.45) is 11.8 Å². The zero-order valence-corrected chi connectivity index (χ0v) is 11.4. The lowest BCUT2D eigenvalue weighted by molar-refractivity contribution is 0.0801. The maximum atomic E-state index is 9.71. The number of aliphatic hydroxyl groups is 1. The fourth-order valence-electron chi connectivity index (χ4n) is 2.72. The maximum Gasteiger partial charge on any atom is 0.0613 e. The highest BCUT2D eigenvalue weighted by atomic mass is 16.3. The molecule has 0 amide bonds. The molecule has 1 aliphatic carbocycles. The molecule has 0 bridgehead atoms. The zero-order chi connectivity index (χ0) is 12.2. The van der Waals surface area contributed by atoms with Crippen LogP contribution in [0.2, 0.25) is 0 Å². The van der Waals surface area contributed by atoms with Gasteiger partial charge in [-0.3, -0.25) is 0 Å². The first-order valence-electron chi connectivity index (χ1n) is 6.88. The van der Waals surface area contributed by atoms with Gasteiger partial charge in [-0.05, 0) is 38.5 Å². The van der Waals surface area contributed by atoms with E-state index in [4.69, 9.17) is 0 Å². The molecule has 0 aromatic carbocycles. The molecule has 16 heavy (non-hydrogen) atoms. The van der Waals surface area contributed by atoms with Gasteiger partial charge in [0.25, 0.3) is 0 Å². The van der Waals surface area contributed by atoms with Crippen LogP contribution in [0, 0.1) is 11.8 Å². The van der Waals surface area contributed by atoms with Gasteiger partial charge in [0.1, 0.15) is 0 Å². The van der Waals surface area contributed by atoms with Crippen molar-refractivity contribution < 1.29 is 5.11 Å². The Kier molecular flexibility index (Phi) is 5.26. The van der Waals surface area contributed by atoms with E-state index < -0.39 is 0 Å². The number of aliphatic hydroxyl groups excluding tert-OH is 1. The minimum absolute atomic E-state index is 0.0793. The van der Waals surface area contributed by atoms with Crippen LogP contribution in [-0.4, -0.2) is 23.3 Å². The van der Waals surface area contributed by atoms with Crippen LogP contribution in [-0.2, 0) is 0 Å². The van der Waals surface area contributed by atoms with E-state index >= 15 is 0 Å². The van der Waals surface area contributed by atoms with E-state index in [1.54, 1.807) is 0 Å². The van der Waals surface area contributed by atoms with Gasteiger partial charge < -0.3 is 10.4 Å². The summed E-state index contributed by atoms with van der Waals surface area (Å²) < 4.78 is 0. The Labute approximate surface area is 101 Å². The van der Waals surface area contributed by atoms with Crippen molar-refractivity contribution in [3.05, 3.63) is 0 Å². The van der Waals surface area contributed by atoms with Crippen molar-refractivity contribution in [1.29, 1.82) is 0 Å². The van der Waals surface area contributed by atoms with Crippen molar-refractivity contribution >= 4 is 0 Å². The summed E-state index contributed by atoms with van der Waals surface area (Å²) in [6.07, 6.45) is 6.58. The third-order valence-electron chi connectivity index (χ3n) is 4.39. The molecule has 0 aliphatic heterocycles. The molecule has 0 aromatic rings. The van der Waals surface area contributed by atoms with Gasteiger partial charge in [0, 0.05) is 11.6 Å². The average Bonchev–Trinajstić information content (AvgIpc) is 2.29. The minimum Gasteiger partial charge on any atom is -0.394 e. The SMILES string of the molecule is CC(C)C(C)NC(C)(CO)C1CCCCC1. The third-order valence-corrected chi connectivity index (χ3v) is 4.39. The molecule has 2 atom stereocenters. The standard InChI is InChI=1S/C14H29NO/c1-11(2)12(3)15-14(4,10-16)13-8-6-5-7-9-13/h11-13,15-16H,5-10H2,1-4H3. The molecule has 0 spiro atoms. The predicted molar refractivity (Wildman–Crippen MR) is 69.5 cm³/mol. The summed E-state index contributed by atoms with van der Waals surface area (Å²) in [6, 6.07) is 0.471. The lowest BCUT2D eigenvalue weighted by Gasteiger charge is -2.42. The van der Waals surface area contributed by atoms with Crippen LogP contribution in [0.15, 0.2) is 0 Å². The Bertz CT molecular complexity index is 199. The van der Waals surface area contributed by atoms with Crippen LogP contribution in [0.1, 0.15) is 59.8 Å². The largest absolute Gasteiger partial charge is 0.394 e. The number of hydrogen-bond donors (Lipinski definition) is 2.